The quantitative estimate of drug-likeness (QED) is 0.301. The number of aryl methyl sites for hydroxylation is 2. The van der Waals surface area contributed by atoms with E-state index in [1.807, 2.05) is 42.9 Å². The van der Waals surface area contributed by atoms with Crippen molar-refractivity contribution in [2.75, 3.05) is 13.2 Å². The first-order valence-corrected chi connectivity index (χ1v) is 14.3. The van der Waals surface area contributed by atoms with Crippen molar-refractivity contribution in [1.82, 2.24) is 14.5 Å². The zero-order chi connectivity index (χ0) is 28.5. The summed E-state index contributed by atoms with van der Waals surface area (Å²) >= 11 is 0. The number of carbonyl (C=O) groups is 1. The summed E-state index contributed by atoms with van der Waals surface area (Å²) in [5.41, 5.74) is 4.66. The average Bonchev–Trinajstić information content (AvgIpc) is 3.48. The first kappa shape index (κ1) is 30.4. The van der Waals surface area contributed by atoms with E-state index in [0.717, 1.165) is 37.1 Å². The molecule has 0 saturated carbocycles. The standard InChI is InChI=1S/C22H31NO.C11H16N2O2/c1-16(2)23(17(3)4)14-13-20(19-9-7-6-8-10-19)21-15-18(5)11-12-22(21)24;1-3-10-8(6-15-11(10)14)4-9-5-12-7-13(9)2/h6-12,15-17,20,24H,13-14H2,1-5H3;5,7-8,10H,3-4,6H2,1-2H3/t20-;8-,10-/m10/s1. The average molecular weight is 534 g/mol. The van der Waals surface area contributed by atoms with Gasteiger partial charge < -0.3 is 14.4 Å². The van der Waals surface area contributed by atoms with Gasteiger partial charge in [0.25, 0.3) is 0 Å². The summed E-state index contributed by atoms with van der Waals surface area (Å²) < 4.78 is 7.08. The third-order valence-electron chi connectivity index (χ3n) is 7.90. The Morgan fingerprint density at radius 2 is 1.79 bits per heavy atom. The molecule has 2 aromatic carbocycles. The van der Waals surface area contributed by atoms with Crippen LogP contribution >= 0.6 is 0 Å². The number of ether oxygens (including phenoxy) is 1. The monoisotopic (exact) mass is 533 g/mol. The first-order valence-electron chi connectivity index (χ1n) is 14.3. The molecule has 1 aliphatic rings. The number of esters is 1. The van der Waals surface area contributed by atoms with E-state index < -0.39 is 0 Å². The molecule has 1 aromatic heterocycles. The fourth-order valence-electron chi connectivity index (χ4n) is 5.69. The molecule has 6 heteroatoms. The van der Waals surface area contributed by atoms with Crippen molar-refractivity contribution in [3.05, 3.63) is 83.4 Å². The minimum Gasteiger partial charge on any atom is -0.508 e. The number of phenolic OH excluding ortho intramolecular Hbond substituents is 1. The number of aromatic nitrogens is 2. The number of nitrogens with zero attached hydrogens (tertiary/aromatic N) is 3. The largest absolute Gasteiger partial charge is 0.508 e. The highest BCUT2D eigenvalue weighted by Gasteiger charge is 2.35. The van der Waals surface area contributed by atoms with Crippen LogP contribution in [0, 0.1) is 18.8 Å². The van der Waals surface area contributed by atoms with Crippen molar-refractivity contribution in [3.8, 4) is 5.75 Å². The van der Waals surface area contributed by atoms with Crippen LogP contribution in [0.15, 0.2) is 61.1 Å². The number of benzene rings is 2. The van der Waals surface area contributed by atoms with E-state index in [1.165, 1.54) is 11.1 Å². The third-order valence-corrected chi connectivity index (χ3v) is 7.90. The number of carbonyl (C=O) groups excluding carboxylic acids is 1. The van der Waals surface area contributed by atoms with Gasteiger partial charge in [-0.15, -0.1) is 0 Å². The normalized spacial score (nSPS) is 17.8. The first-order chi connectivity index (χ1) is 18.6. The number of imidazole rings is 1. The van der Waals surface area contributed by atoms with Gasteiger partial charge in [-0.05, 0) is 72.1 Å². The molecule has 1 aliphatic heterocycles. The van der Waals surface area contributed by atoms with Crippen molar-refractivity contribution in [2.45, 2.75) is 78.8 Å². The molecule has 39 heavy (non-hydrogen) atoms. The Bertz CT molecular complexity index is 1160. The lowest BCUT2D eigenvalue weighted by Crippen LogP contribution is -2.38. The van der Waals surface area contributed by atoms with Gasteiger partial charge in [-0.2, -0.15) is 0 Å². The summed E-state index contributed by atoms with van der Waals surface area (Å²) in [5.74, 6) is 0.962. The highest BCUT2D eigenvalue weighted by molar-refractivity contribution is 5.74. The van der Waals surface area contributed by atoms with Gasteiger partial charge in [0, 0.05) is 48.4 Å². The molecule has 3 atom stereocenters. The molecule has 3 aromatic rings. The Labute approximate surface area is 235 Å². The van der Waals surface area contributed by atoms with Crippen LogP contribution in [0.4, 0.5) is 0 Å². The van der Waals surface area contributed by atoms with E-state index >= 15 is 0 Å². The van der Waals surface area contributed by atoms with Crippen LogP contribution in [-0.2, 0) is 23.0 Å². The zero-order valence-electron chi connectivity index (χ0n) is 24.8. The summed E-state index contributed by atoms with van der Waals surface area (Å²) in [7, 11) is 1.97. The molecule has 0 aliphatic carbocycles. The molecule has 0 amide bonds. The number of cyclic esters (lactones) is 1. The number of hydrogen-bond donors (Lipinski definition) is 1. The second-order valence-corrected chi connectivity index (χ2v) is 11.3. The van der Waals surface area contributed by atoms with Crippen LogP contribution < -0.4 is 0 Å². The lowest BCUT2D eigenvalue weighted by atomic mass is 9.87. The maximum absolute atomic E-state index is 11.4. The predicted molar refractivity (Wildman–Crippen MR) is 158 cm³/mol. The van der Waals surface area contributed by atoms with Crippen molar-refractivity contribution in [1.29, 1.82) is 0 Å². The Morgan fingerprint density at radius 3 is 2.38 bits per heavy atom. The minimum absolute atomic E-state index is 0.0373. The van der Waals surface area contributed by atoms with Crippen LogP contribution in [0.3, 0.4) is 0 Å². The smallest absolute Gasteiger partial charge is 0.309 e. The predicted octanol–water partition coefficient (Wildman–Crippen LogP) is 6.50. The Morgan fingerprint density at radius 1 is 1.10 bits per heavy atom. The summed E-state index contributed by atoms with van der Waals surface area (Å²) in [6.07, 6.45) is 6.38. The molecule has 6 nitrogen and oxygen atoms in total. The summed E-state index contributed by atoms with van der Waals surface area (Å²) in [4.78, 5) is 18.0. The van der Waals surface area contributed by atoms with E-state index in [-0.39, 0.29) is 17.8 Å². The van der Waals surface area contributed by atoms with E-state index in [2.05, 4.69) is 74.8 Å². The zero-order valence-corrected chi connectivity index (χ0v) is 24.8. The Kier molecular flexibility index (Phi) is 11.2. The van der Waals surface area contributed by atoms with Crippen molar-refractivity contribution >= 4 is 5.97 Å². The fourth-order valence-corrected chi connectivity index (χ4v) is 5.69. The second kappa shape index (κ2) is 14.3. The maximum atomic E-state index is 11.4. The van der Waals surface area contributed by atoms with Gasteiger partial charge in [-0.3, -0.25) is 9.69 Å². The molecule has 0 radical (unpaired) electrons. The van der Waals surface area contributed by atoms with Crippen LogP contribution in [-0.4, -0.2) is 50.8 Å². The maximum Gasteiger partial charge on any atom is 0.309 e. The second-order valence-electron chi connectivity index (χ2n) is 11.3. The minimum atomic E-state index is -0.0373. The lowest BCUT2D eigenvalue weighted by Gasteiger charge is -2.32. The molecule has 0 unspecified atom stereocenters. The summed E-state index contributed by atoms with van der Waals surface area (Å²) in [6, 6.07) is 17.5. The molecule has 2 heterocycles. The molecule has 0 spiro atoms. The third kappa shape index (κ3) is 8.18. The van der Waals surface area contributed by atoms with Crippen molar-refractivity contribution < 1.29 is 14.6 Å². The van der Waals surface area contributed by atoms with Crippen molar-refractivity contribution in [2.24, 2.45) is 18.9 Å². The molecule has 212 valence electrons. The number of phenols is 1. The number of rotatable bonds is 10. The van der Waals surface area contributed by atoms with Gasteiger partial charge in [0.05, 0.1) is 18.9 Å². The van der Waals surface area contributed by atoms with Gasteiger partial charge in [-0.1, -0.05) is 55.0 Å². The van der Waals surface area contributed by atoms with E-state index in [9.17, 15) is 9.90 Å². The molecule has 4 rings (SSSR count). The van der Waals surface area contributed by atoms with Crippen LogP contribution in [0.25, 0.3) is 0 Å². The summed E-state index contributed by atoms with van der Waals surface area (Å²) in [5, 5.41) is 10.4. The molecule has 1 N–H and O–H groups in total. The van der Waals surface area contributed by atoms with Crippen LogP contribution in [0.5, 0.6) is 5.75 Å². The Hall–Kier alpha value is -3.12. The molecular weight excluding hydrogens is 486 g/mol. The van der Waals surface area contributed by atoms with Crippen molar-refractivity contribution in [3.63, 3.8) is 0 Å². The van der Waals surface area contributed by atoms with Gasteiger partial charge in [0.2, 0.25) is 0 Å². The van der Waals surface area contributed by atoms with Gasteiger partial charge in [0.15, 0.2) is 0 Å². The van der Waals surface area contributed by atoms with Gasteiger partial charge in [0.1, 0.15) is 5.75 Å². The topological polar surface area (TPSA) is 67.6 Å². The van der Waals surface area contributed by atoms with Crippen LogP contribution in [0.1, 0.15) is 75.8 Å². The molecule has 0 bridgehead atoms. The van der Waals surface area contributed by atoms with E-state index in [1.54, 1.807) is 6.33 Å². The lowest BCUT2D eigenvalue weighted by molar-refractivity contribution is -0.141. The molecule has 1 saturated heterocycles. The van der Waals surface area contributed by atoms with Gasteiger partial charge >= 0.3 is 5.97 Å². The highest BCUT2D eigenvalue weighted by Crippen LogP contribution is 2.35. The number of hydrogen-bond acceptors (Lipinski definition) is 5. The van der Waals surface area contributed by atoms with E-state index in [4.69, 9.17) is 4.74 Å². The van der Waals surface area contributed by atoms with E-state index in [0.29, 0.717) is 30.4 Å². The SMILES string of the molecule is CC[C@@H]1C(=O)OC[C@@H]1Cc1cncn1C.Cc1ccc(O)c([C@H](CCN(C(C)C)C(C)C)c2ccccc2)c1. The molecule has 1 fully saturated rings. The summed E-state index contributed by atoms with van der Waals surface area (Å²) in [6.45, 7) is 14.7. The molecular formula is C33H47N3O3. The Balaban J connectivity index is 0.000000239. The fraction of sp³-hybridized carbons (Fsp3) is 0.515. The highest BCUT2D eigenvalue weighted by atomic mass is 16.5. The number of aromatic hydroxyl groups is 1. The van der Waals surface area contributed by atoms with Crippen LogP contribution in [0.2, 0.25) is 0 Å². The van der Waals surface area contributed by atoms with Gasteiger partial charge in [-0.25, -0.2) is 4.98 Å².